The molecule has 2 amide bonds. The van der Waals surface area contributed by atoms with Crippen LogP contribution < -0.4 is 5.32 Å². The average Bonchev–Trinajstić information content (AvgIpc) is 2.30. The first-order valence-corrected chi connectivity index (χ1v) is 6.57. The molecule has 0 aromatic rings. The summed E-state index contributed by atoms with van der Waals surface area (Å²) < 4.78 is 0. The number of hydrogen-bond donors (Lipinski definition) is 2. The quantitative estimate of drug-likeness (QED) is 0.721. The molecule has 1 unspecified atom stereocenters. The summed E-state index contributed by atoms with van der Waals surface area (Å²) in [7, 11) is 1.70. The Hall–Kier alpha value is -0.770. The van der Waals surface area contributed by atoms with Crippen LogP contribution in [0.3, 0.4) is 0 Å². The molecule has 4 heteroatoms. The van der Waals surface area contributed by atoms with Crippen molar-refractivity contribution in [3.05, 3.63) is 0 Å². The summed E-state index contributed by atoms with van der Waals surface area (Å²) >= 11 is 0. The molecular formula is C13H28N2O2. The highest BCUT2D eigenvalue weighted by atomic mass is 16.3. The molecule has 0 fully saturated rings. The number of hydrogen-bond acceptors (Lipinski definition) is 2. The largest absolute Gasteiger partial charge is 0.392 e. The Morgan fingerprint density at radius 3 is 2.12 bits per heavy atom. The van der Waals surface area contributed by atoms with Crippen molar-refractivity contribution in [2.75, 3.05) is 20.1 Å². The molecule has 0 aromatic heterocycles. The molecule has 1 atom stereocenters. The minimum absolute atomic E-state index is 0.106. The summed E-state index contributed by atoms with van der Waals surface area (Å²) in [4.78, 5) is 13.3. The normalized spacial score (nSPS) is 13.3. The van der Waals surface area contributed by atoms with Crippen molar-refractivity contribution in [1.29, 1.82) is 0 Å². The maximum absolute atomic E-state index is 11.8. The van der Waals surface area contributed by atoms with Gasteiger partial charge in [0.25, 0.3) is 0 Å². The van der Waals surface area contributed by atoms with Gasteiger partial charge in [-0.15, -0.1) is 0 Å². The number of likely N-dealkylation sites (N-methyl/N-ethyl adjacent to an activating group) is 1. The summed E-state index contributed by atoms with van der Waals surface area (Å²) in [5, 5.41) is 12.2. The molecule has 0 bridgehead atoms. The lowest BCUT2D eigenvalue weighted by Crippen LogP contribution is -2.44. The van der Waals surface area contributed by atoms with Crippen LogP contribution in [0.25, 0.3) is 0 Å². The molecule has 0 aliphatic carbocycles. The standard InChI is InChI=1S/C13H28N2O2/c1-6-13(7-2,8-3)10-14-12(17)15(5)9-11(4)16/h11,16H,6-10H2,1-5H3,(H,14,17). The van der Waals surface area contributed by atoms with Gasteiger partial charge in [0.1, 0.15) is 0 Å². The smallest absolute Gasteiger partial charge is 0.317 e. The van der Waals surface area contributed by atoms with Gasteiger partial charge in [-0.25, -0.2) is 4.79 Å². The highest BCUT2D eigenvalue weighted by Crippen LogP contribution is 2.29. The predicted octanol–water partition coefficient (Wildman–Crippen LogP) is 2.23. The fourth-order valence-electron chi connectivity index (χ4n) is 2.00. The molecular weight excluding hydrogens is 216 g/mol. The van der Waals surface area contributed by atoms with E-state index >= 15 is 0 Å². The number of amides is 2. The van der Waals surface area contributed by atoms with E-state index in [-0.39, 0.29) is 11.4 Å². The van der Waals surface area contributed by atoms with Crippen LogP contribution in [-0.4, -0.2) is 42.3 Å². The van der Waals surface area contributed by atoms with Gasteiger partial charge in [-0.2, -0.15) is 0 Å². The minimum atomic E-state index is -0.487. The molecule has 0 saturated carbocycles. The number of aliphatic hydroxyl groups is 1. The van der Waals surface area contributed by atoms with Gasteiger partial charge in [-0.1, -0.05) is 20.8 Å². The van der Waals surface area contributed by atoms with E-state index < -0.39 is 6.10 Å². The lowest BCUT2D eigenvalue weighted by molar-refractivity contribution is 0.140. The first-order chi connectivity index (χ1) is 7.90. The van der Waals surface area contributed by atoms with E-state index in [0.29, 0.717) is 13.1 Å². The van der Waals surface area contributed by atoms with Crippen molar-refractivity contribution in [1.82, 2.24) is 10.2 Å². The fourth-order valence-corrected chi connectivity index (χ4v) is 2.00. The molecule has 2 N–H and O–H groups in total. The molecule has 4 nitrogen and oxygen atoms in total. The summed E-state index contributed by atoms with van der Waals surface area (Å²) in [6.45, 7) is 9.25. The molecule has 0 aliphatic rings. The topological polar surface area (TPSA) is 52.6 Å². The van der Waals surface area contributed by atoms with E-state index in [1.807, 2.05) is 0 Å². The third kappa shape index (κ3) is 5.39. The van der Waals surface area contributed by atoms with Crippen LogP contribution in [0.1, 0.15) is 47.0 Å². The van der Waals surface area contributed by atoms with Crippen molar-refractivity contribution in [3.8, 4) is 0 Å². The van der Waals surface area contributed by atoms with E-state index in [4.69, 9.17) is 0 Å². The van der Waals surface area contributed by atoms with Crippen LogP contribution in [0.4, 0.5) is 4.79 Å². The second-order valence-corrected chi connectivity index (χ2v) is 4.95. The SMILES string of the molecule is CCC(CC)(CC)CNC(=O)N(C)CC(C)O. The fraction of sp³-hybridized carbons (Fsp3) is 0.923. The number of nitrogens with zero attached hydrogens (tertiary/aromatic N) is 1. The molecule has 17 heavy (non-hydrogen) atoms. The Balaban J connectivity index is 4.21. The van der Waals surface area contributed by atoms with Gasteiger partial charge in [0.05, 0.1) is 6.10 Å². The zero-order valence-electron chi connectivity index (χ0n) is 11.9. The van der Waals surface area contributed by atoms with Gasteiger partial charge in [-0.05, 0) is 31.6 Å². The van der Waals surface area contributed by atoms with Crippen molar-refractivity contribution < 1.29 is 9.90 Å². The monoisotopic (exact) mass is 244 g/mol. The van der Waals surface area contributed by atoms with Crippen molar-refractivity contribution in [2.24, 2.45) is 5.41 Å². The van der Waals surface area contributed by atoms with E-state index in [1.165, 1.54) is 4.90 Å². The number of carbonyl (C=O) groups is 1. The Labute approximate surface area is 105 Å². The van der Waals surface area contributed by atoms with Crippen LogP contribution in [0.5, 0.6) is 0 Å². The van der Waals surface area contributed by atoms with E-state index in [2.05, 4.69) is 26.1 Å². The number of urea groups is 1. The van der Waals surface area contributed by atoms with Crippen LogP contribution in [0, 0.1) is 5.41 Å². The Kier molecular flexibility index (Phi) is 7.19. The Bertz CT molecular complexity index is 217. The Morgan fingerprint density at radius 1 is 1.29 bits per heavy atom. The summed E-state index contributed by atoms with van der Waals surface area (Å²) in [5.41, 5.74) is 0.210. The van der Waals surface area contributed by atoms with Crippen LogP contribution >= 0.6 is 0 Å². The maximum Gasteiger partial charge on any atom is 0.317 e. The molecule has 0 heterocycles. The van der Waals surface area contributed by atoms with E-state index in [1.54, 1.807) is 14.0 Å². The third-order valence-corrected chi connectivity index (χ3v) is 3.75. The van der Waals surface area contributed by atoms with Gasteiger partial charge in [0.2, 0.25) is 0 Å². The highest BCUT2D eigenvalue weighted by molar-refractivity contribution is 5.73. The van der Waals surface area contributed by atoms with Crippen molar-refractivity contribution in [2.45, 2.75) is 53.1 Å². The lowest BCUT2D eigenvalue weighted by atomic mass is 9.80. The van der Waals surface area contributed by atoms with Gasteiger partial charge >= 0.3 is 6.03 Å². The first-order valence-electron chi connectivity index (χ1n) is 6.57. The highest BCUT2D eigenvalue weighted by Gasteiger charge is 2.25. The van der Waals surface area contributed by atoms with Gasteiger partial charge in [0, 0.05) is 20.1 Å². The van der Waals surface area contributed by atoms with Gasteiger partial charge in [0.15, 0.2) is 0 Å². The molecule has 0 aliphatic heterocycles. The van der Waals surface area contributed by atoms with Gasteiger partial charge in [-0.3, -0.25) is 0 Å². The average molecular weight is 244 g/mol. The van der Waals surface area contributed by atoms with Crippen LogP contribution in [0.15, 0.2) is 0 Å². The molecule has 0 radical (unpaired) electrons. The minimum Gasteiger partial charge on any atom is -0.392 e. The number of nitrogens with one attached hydrogen (secondary N) is 1. The Morgan fingerprint density at radius 2 is 1.76 bits per heavy atom. The van der Waals surface area contributed by atoms with Gasteiger partial charge < -0.3 is 15.3 Å². The summed E-state index contributed by atoms with van der Waals surface area (Å²) in [6.07, 6.45) is 2.72. The molecule has 102 valence electrons. The van der Waals surface area contributed by atoms with Crippen LogP contribution in [0.2, 0.25) is 0 Å². The van der Waals surface area contributed by atoms with Crippen molar-refractivity contribution >= 4 is 6.03 Å². The second kappa shape index (κ2) is 7.54. The van der Waals surface area contributed by atoms with E-state index in [9.17, 15) is 9.90 Å². The molecule has 0 rings (SSSR count). The summed E-state index contributed by atoms with van der Waals surface area (Å²) in [6, 6.07) is -0.106. The predicted molar refractivity (Wildman–Crippen MR) is 71.0 cm³/mol. The second-order valence-electron chi connectivity index (χ2n) is 4.95. The van der Waals surface area contributed by atoms with Crippen molar-refractivity contribution in [3.63, 3.8) is 0 Å². The summed E-state index contributed by atoms with van der Waals surface area (Å²) in [5.74, 6) is 0. The molecule has 0 saturated heterocycles. The van der Waals surface area contributed by atoms with E-state index in [0.717, 1.165) is 19.3 Å². The number of carbonyl (C=O) groups excluding carboxylic acids is 1. The third-order valence-electron chi connectivity index (χ3n) is 3.75. The molecule has 0 aromatic carbocycles. The van der Waals surface area contributed by atoms with Crippen LogP contribution in [-0.2, 0) is 0 Å². The zero-order valence-corrected chi connectivity index (χ0v) is 11.9. The molecule has 0 spiro atoms. The lowest BCUT2D eigenvalue weighted by Gasteiger charge is -2.31. The first kappa shape index (κ1) is 16.2. The number of rotatable bonds is 7. The number of aliphatic hydroxyl groups excluding tert-OH is 1. The maximum atomic E-state index is 11.8. The zero-order chi connectivity index (χ0) is 13.5.